The van der Waals surface area contributed by atoms with Crippen LogP contribution in [0.2, 0.25) is 0 Å². The van der Waals surface area contributed by atoms with Crippen molar-refractivity contribution in [2.45, 2.75) is 25.7 Å². The highest BCUT2D eigenvalue weighted by molar-refractivity contribution is 7.17. The number of fused-ring (bicyclic) bond motifs is 3. The standard InChI is InChI=1S/C16H18N2OS/c1-16(2)8-11-12(9-6-4-5-7-10(9)16)13(14(17)20-11)15(19)18-3/h4-7H,8,17H2,1-3H3,(H,18,19). The maximum atomic E-state index is 12.2. The predicted octanol–water partition coefficient (Wildman–Crippen LogP) is 3.19. The van der Waals surface area contributed by atoms with Crippen molar-refractivity contribution >= 4 is 22.2 Å². The lowest BCUT2D eigenvalue weighted by Gasteiger charge is -2.32. The summed E-state index contributed by atoms with van der Waals surface area (Å²) >= 11 is 1.54. The van der Waals surface area contributed by atoms with Gasteiger partial charge < -0.3 is 11.1 Å². The van der Waals surface area contributed by atoms with Crippen molar-refractivity contribution in [3.63, 3.8) is 0 Å². The molecule has 3 rings (SSSR count). The minimum absolute atomic E-state index is 0.0703. The number of nitrogens with two attached hydrogens (primary N) is 1. The molecular weight excluding hydrogens is 268 g/mol. The van der Waals surface area contributed by atoms with E-state index in [1.807, 2.05) is 6.07 Å². The molecule has 20 heavy (non-hydrogen) atoms. The maximum Gasteiger partial charge on any atom is 0.254 e. The van der Waals surface area contributed by atoms with Gasteiger partial charge in [-0.2, -0.15) is 0 Å². The topological polar surface area (TPSA) is 55.1 Å². The monoisotopic (exact) mass is 286 g/mol. The molecular formula is C16H18N2OS. The van der Waals surface area contributed by atoms with Crippen LogP contribution in [0.5, 0.6) is 0 Å². The summed E-state index contributed by atoms with van der Waals surface area (Å²) in [7, 11) is 1.64. The number of benzene rings is 1. The van der Waals surface area contributed by atoms with Gasteiger partial charge in [0.2, 0.25) is 0 Å². The average Bonchev–Trinajstić information content (AvgIpc) is 2.73. The largest absolute Gasteiger partial charge is 0.390 e. The number of amides is 1. The van der Waals surface area contributed by atoms with Crippen molar-refractivity contribution in [3.8, 4) is 11.1 Å². The Balaban J connectivity index is 2.33. The first kappa shape index (κ1) is 13.2. The van der Waals surface area contributed by atoms with E-state index >= 15 is 0 Å². The number of carbonyl (C=O) groups is 1. The molecule has 3 nitrogen and oxygen atoms in total. The number of rotatable bonds is 1. The molecule has 4 heteroatoms. The third kappa shape index (κ3) is 1.75. The van der Waals surface area contributed by atoms with E-state index < -0.39 is 0 Å². The Morgan fingerprint density at radius 2 is 2.05 bits per heavy atom. The molecule has 1 aromatic carbocycles. The zero-order valence-corrected chi connectivity index (χ0v) is 12.7. The molecule has 104 valence electrons. The first-order valence-electron chi connectivity index (χ1n) is 6.69. The third-order valence-electron chi connectivity index (χ3n) is 3.99. The van der Waals surface area contributed by atoms with Crippen LogP contribution in [0, 0.1) is 0 Å². The zero-order chi connectivity index (χ0) is 14.5. The van der Waals surface area contributed by atoms with Gasteiger partial charge in [-0.15, -0.1) is 11.3 Å². The fourth-order valence-corrected chi connectivity index (χ4v) is 4.35. The predicted molar refractivity (Wildman–Crippen MR) is 84.3 cm³/mol. The lowest BCUT2D eigenvalue weighted by Crippen LogP contribution is -2.26. The van der Waals surface area contributed by atoms with Gasteiger partial charge in [0.25, 0.3) is 5.91 Å². The fraction of sp³-hybridized carbons (Fsp3) is 0.312. The van der Waals surface area contributed by atoms with Gasteiger partial charge in [0.05, 0.1) is 10.6 Å². The van der Waals surface area contributed by atoms with E-state index in [-0.39, 0.29) is 11.3 Å². The van der Waals surface area contributed by atoms with E-state index in [2.05, 4.69) is 37.4 Å². The minimum Gasteiger partial charge on any atom is -0.390 e. The summed E-state index contributed by atoms with van der Waals surface area (Å²) in [6.45, 7) is 4.48. The molecule has 0 atom stereocenters. The first-order valence-corrected chi connectivity index (χ1v) is 7.50. The zero-order valence-electron chi connectivity index (χ0n) is 11.9. The van der Waals surface area contributed by atoms with E-state index in [1.54, 1.807) is 18.4 Å². The Morgan fingerprint density at radius 1 is 1.35 bits per heavy atom. The molecule has 1 aliphatic rings. The fourth-order valence-electron chi connectivity index (χ4n) is 3.05. The second kappa shape index (κ2) is 4.35. The summed E-state index contributed by atoms with van der Waals surface area (Å²) in [6.07, 6.45) is 0.922. The van der Waals surface area contributed by atoms with Gasteiger partial charge in [-0.3, -0.25) is 4.79 Å². The van der Waals surface area contributed by atoms with Crippen LogP contribution in [0.4, 0.5) is 5.00 Å². The Hall–Kier alpha value is -1.81. The van der Waals surface area contributed by atoms with Crippen LogP contribution < -0.4 is 11.1 Å². The number of nitrogens with one attached hydrogen (secondary N) is 1. The highest BCUT2D eigenvalue weighted by Gasteiger charge is 2.35. The van der Waals surface area contributed by atoms with Crippen LogP contribution in [0.25, 0.3) is 11.1 Å². The summed E-state index contributed by atoms with van der Waals surface area (Å²) in [5, 5.41) is 3.31. The van der Waals surface area contributed by atoms with Gasteiger partial charge in [0.1, 0.15) is 0 Å². The van der Waals surface area contributed by atoms with E-state index in [9.17, 15) is 4.79 Å². The van der Waals surface area contributed by atoms with Gasteiger partial charge in [-0.05, 0) is 23.0 Å². The Morgan fingerprint density at radius 3 is 2.75 bits per heavy atom. The molecule has 1 aromatic heterocycles. The number of hydrogen-bond acceptors (Lipinski definition) is 3. The quantitative estimate of drug-likeness (QED) is 0.846. The van der Waals surface area contributed by atoms with Crippen LogP contribution >= 0.6 is 11.3 Å². The molecule has 3 N–H and O–H groups in total. The Labute approximate surface area is 122 Å². The van der Waals surface area contributed by atoms with E-state index in [4.69, 9.17) is 5.73 Å². The van der Waals surface area contributed by atoms with E-state index in [0.29, 0.717) is 10.6 Å². The lowest BCUT2D eigenvalue weighted by atomic mass is 9.72. The van der Waals surface area contributed by atoms with Crippen molar-refractivity contribution in [1.29, 1.82) is 0 Å². The smallest absolute Gasteiger partial charge is 0.254 e. The summed E-state index contributed by atoms with van der Waals surface area (Å²) in [6, 6.07) is 8.32. The van der Waals surface area contributed by atoms with Crippen LogP contribution in [0.3, 0.4) is 0 Å². The molecule has 0 radical (unpaired) electrons. The highest BCUT2D eigenvalue weighted by Crippen LogP contribution is 2.49. The molecule has 1 amide bonds. The van der Waals surface area contributed by atoms with E-state index in [0.717, 1.165) is 17.5 Å². The number of thiophene rings is 1. The number of hydrogen-bond donors (Lipinski definition) is 2. The van der Waals surface area contributed by atoms with Gasteiger partial charge in [-0.1, -0.05) is 38.1 Å². The van der Waals surface area contributed by atoms with E-state index in [1.165, 1.54) is 10.4 Å². The third-order valence-corrected chi connectivity index (χ3v) is 5.01. The SMILES string of the molecule is CNC(=O)c1c(N)sc2c1-c1ccccc1C(C)(C)C2. The van der Waals surface area contributed by atoms with Gasteiger partial charge >= 0.3 is 0 Å². The molecule has 0 saturated carbocycles. The average molecular weight is 286 g/mol. The summed E-state index contributed by atoms with van der Waals surface area (Å²) in [5.41, 5.74) is 10.3. The van der Waals surface area contributed by atoms with Crippen molar-refractivity contribution in [2.75, 3.05) is 12.8 Å². The number of nitrogen functional groups attached to an aromatic ring is 1. The second-order valence-corrected chi connectivity index (χ2v) is 6.96. The first-order chi connectivity index (χ1) is 9.45. The van der Waals surface area contributed by atoms with Crippen molar-refractivity contribution in [1.82, 2.24) is 5.32 Å². The molecule has 0 bridgehead atoms. The normalized spacial score (nSPS) is 15.3. The molecule has 0 fully saturated rings. The summed E-state index contributed by atoms with van der Waals surface area (Å²) < 4.78 is 0. The molecule has 1 heterocycles. The highest BCUT2D eigenvalue weighted by atomic mass is 32.1. The summed E-state index contributed by atoms with van der Waals surface area (Å²) in [5.74, 6) is -0.102. The van der Waals surface area contributed by atoms with Gasteiger partial charge in [0, 0.05) is 17.5 Å². The lowest BCUT2D eigenvalue weighted by molar-refractivity contribution is 0.0965. The molecule has 2 aromatic rings. The molecule has 0 aliphatic heterocycles. The maximum absolute atomic E-state index is 12.2. The Kier molecular flexibility index (Phi) is 2.87. The van der Waals surface area contributed by atoms with Crippen LogP contribution in [0.15, 0.2) is 24.3 Å². The minimum atomic E-state index is -0.102. The Bertz CT molecular complexity index is 700. The number of anilines is 1. The second-order valence-electron chi connectivity index (χ2n) is 5.82. The molecule has 0 spiro atoms. The van der Waals surface area contributed by atoms with Gasteiger partial charge in [0.15, 0.2) is 0 Å². The van der Waals surface area contributed by atoms with Crippen LogP contribution in [0.1, 0.15) is 34.6 Å². The van der Waals surface area contributed by atoms with Crippen molar-refractivity contribution in [3.05, 3.63) is 40.3 Å². The molecule has 0 saturated heterocycles. The number of carbonyl (C=O) groups excluding carboxylic acids is 1. The molecule has 1 aliphatic carbocycles. The van der Waals surface area contributed by atoms with Crippen molar-refractivity contribution in [2.24, 2.45) is 0 Å². The summed E-state index contributed by atoms with van der Waals surface area (Å²) in [4.78, 5) is 13.4. The van der Waals surface area contributed by atoms with Crippen LogP contribution in [-0.2, 0) is 11.8 Å². The molecule has 0 unspecified atom stereocenters. The van der Waals surface area contributed by atoms with Gasteiger partial charge in [-0.25, -0.2) is 0 Å². The van der Waals surface area contributed by atoms with Crippen LogP contribution in [-0.4, -0.2) is 13.0 Å². The van der Waals surface area contributed by atoms with Crippen molar-refractivity contribution < 1.29 is 4.79 Å².